The first-order valence-electron chi connectivity index (χ1n) is 5.27. The van der Waals surface area contributed by atoms with E-state index in [1.165, 1.54) is 19.2 Å². The minimum absolute atomic E-state index is 0.00187. The lowest BCUT2D eigenvalue weighted by molar-refractivity contribution is -0.384. The predicted molar refractivity (Wildman–Crippen MR) is 69.6 cm³/mol. The molecule has 0 radical (unpaired) electrons. The predicted octanol–water partition coefficient (Wildman–Crippen LogP) is 2.13. The fourth-order valence-corrected chi connectivity index (χ4v) is 1.55. The van der Waals surface area contributed by atoms with Crippen molar-refractivity contribution in [1.82, 2.24) is 10.2 Å². The van der Waals surface area contributed by atoms with Gasteiger partial charge in [-0.3, -0.25) is 20.0 Å². The molecule has 20 heavy (non-hydrogen) atoms. The molecule has 0 saturated heterocycles. The molecule has 0 aliphatic heterocycles. The zero-order valence-electron chi connectivity index (χ0n) is 10.1. The Kier molecular flexibility index (Phi) is 3.85. The maximum Gasteiger partial charge on any atom is 0.285 e. The van der Waals surface area contributed by atoms with Crippen molar-refractivity contribution in [2.75, 3.05) is 7.11 Å². The molecule has 0 aliphatic carbocycles. The lowest BCUT2D eigenvalue weighted by atomic mass is 10.3. The topological polar surface area (TPSA) is 107 Å². The average molecular weight is 298 g/mol. The summed E-state index contributed by atoms with van der Waals surface area (Å²) in [6.45, 7) is 0. The number of hydrogen-bond acceptors (Lipinski definition) is 6. The van der Waals surface area contributed by atoms with Crippen molar-refractivity contribution in [2.24, 2.45) is 0 Å². The van der Waals surface area contributed by atoms with Crippen LogP contribution in [0.5, 0.6) is 17.4 Å². The van der Waals surface area contributed by atoms with E-state index >= 15 is 0 Å². The number of rotatable bonds is 4. The van der Waals surface area contributed by atoms with E-state index in [0.717, 1.165) is 12.1 Å². The van der Waals surface area contributed by atoms with Crippen molar-refractivity contribution in [1.29, 1.82) is 0 Å². The second kappa shape index (κ2) is 5.57. The van der Waals surface area contributed by atoms with Gasteiger partial charge >= 0.3 is 0 Å². The molecule has 0 unspecified atom stereocenters. The van der Waals surface area contributed by atoms with Gasteiger partial charge in [0.1, 0.15) is 5.15 Å². The fraction of sp³-hybridized carbons (Fsp3) is 0.0909. The van der Waals surface area contributed by atoms with E-state index in [4.69, 9.17) is 21.1 Å². The number of benzene rings is 1. The highest BCUT2D eigenvalue weighted by Crippen LogP contribution is 2.33. The molecular formula is C11H8ClN3O5. The number of halogens is 1. The summed E-state index contributed by atoms with van der Waals surface area (Å²) < 4.78 is 10.2. The first-order chi connectivity index (χ1) is 9.51. The molecule has 2 rings (SSSR count). The van der Waals surface area contributed by atoms with Gasteiger partial charge in [-0.2, -0.15) is 0 Å². The number of H-pyrrole nitrogens is 1. The number of nitro benzene ring substituents is 1. The molecule has 0 fully saturated rings. The van der Waals surface area contributed by atoms with Gasteiger partial charge in [0, 0.05) is 12.1 Å². The smallest absolute Gasteiger partial charge is 0.285 e. The minimum atomic E-state index is -0.591. The highest BCUT2D eigenvalue weighted by Gasteiger charge is 2.15. The minimum Gasteiger partial charge on any atom is -0.493 e. The van der Waals surface area contributed by atoms with Crippen LogP contribution in [-0.2, 0) is 0 Å². The molecule has 104 valence electrons. The molecule has 0 atom stereocenters. The quantitative estimate of drug-likeness (QED) is 0.684. The van der Waals surface area contributed by atoms with Gasteiger partial charge in [0.15, 0.2) is 11.5 Å². The third kappa shape index (κ3) is 2.86. The van der Waals surface area contributed by atoms with E-state index in [9.17, 15) is 14.9 Å². The number of non-ortho nitro benzene ring substituents is 1. The number of aromatic nitrogens is 2. The van der Waals surface area contributed by atoms with E-state index in [1.54, 1.807) is 0 Å². The Morgan fingerprint density at radius 2 is 2.10 bits per heavy atom. The molecule has 0 spiro atoms. The van der Waals surface area contributed by atoms with Crippen LogP contribution in [0.25, 0.3) is 0 Å². The van der Waals surface area contributed by atoms with Crippen molar-refractivity contribution in [3.05, 3.63) is 49.8 Å². The second-order valence-electron chi connectivity index (χ2n) is 3.58. The Labute approximate surface area is 117 Å². The number of nitro groups is 1. The molecule has 2 aromatic rings. The number of nitrogens with one attached hydrogen (secondary N) is 1. The van der Waals surface area contributed by atoms with Crippen LogP contribution in [-0.4, -0.2) is 22.2 Å². The maximum atomic E-state index is 11.6. The summed E-state index contributed by atoms with van der Waals surface area (Å²) in [4.78, 5) is 21.7. The van der Waals surface area contributed by atoms with Crippen molar-refractivity contribution in [3.8, 4) is 17.4 Å². The monoisotopic (exact) mass is 297 g/mol. The molecule has 0 saturated carbocycles. The standard InChI is InChI=1S/C11H8ClN3O5/c1-19-8-3-2-6(15(17)18)4-9(8)20-11-7(16)5-10(12)13-14-11/h2-5H,1H3,(H,13,16). The van der Waals surface area contributed by atoms with E-state index < -0.39 is 10.4 Å². The summed E-state index contributed by atoms with van der Waals surface area (Å²) >= 11 is 5.56. The third-order valence-electron chi connectivity index (χ3n) is 2.30. The molecule has 0 amide bonds. The first kappa shape index (κ1) is 13.8. The summed E-state index contributed by atoms with van der Waals surface area (Å²) in [7, 11) is 1.37. The number of hydrogen-bond donors (Lipinski definition) is 1. The number of methoxy groups -OCH3 is 1. The Morgan fingerprint density at radius 3 is 2.70 bits per heavy atom. The number of nitrogens with zero attached hydrogens (tertiary/aromatic N) is 2. The number of ether oxygens (including phenoxy) is 2. The molecule has 1 N–H and O–H groups in total. The van der Waals surface area contributed by atoms with Gasteiger partial charge in [-0.15, -0.1) is 5.10 Å². The van der Waals surface area contributed by atoms with Crippen molar-refractivity contribution >= 4 is 17.3 Å². The maximum absolute atomic E-state index is 11.6. The largest absolute Gasteiger partial charge is 0.493 e. The SMILES string of the molecule is COc1ccc([N+](=O)[O-])cc1Oc1n[nH]c(Cl)cc1=O. The normalized spacial score (nSPS) is 10.1. The van der Waals surface area contributed by atoms with E-state index in [-0.39, 0.29) is 28.2 Å². The van der Waals surface area contributed by atoms with Crippen LogP contribution in [0, 0.1) is 10.1 Å². The van der Waals surface area contributed by atoms with E-state index in [0.29, 0.717) is 0 Å². The van der Waals surface area contributed by atoms with Crippen LogP contribution in [0.1, 0.15) is 0 Å². The second-order valence-corrected chi connectivity index (χ2v) is 3.99. The van der Waals surface area contributed by atoms with Crippen LogP contribution in [0.15, 0.2) is 29.1 Å². The zero-order chi connectivity index (χ0) is 14.7. The van der Waals surface area contributed by atoms with Crippen LogP contribution in [0.3, 0.4) is 0 Å². The van der Waals surface area contributed by atoms with Gasteiger partial charge in [0.25, 0.3) is 11.6 Å². The third-order valence-corrected chi connectivity index (χ3v) is 2.49. The van der Waals surface area contributed by atoms with Crippen LogP contribution >= 0.6 is 11.6 Å². The van der Waals surface area contributed by atoms with Crippen molar-refractivity contribution < 1.29 is 14.4 Å². The summed E-state index contributed by atoms with van der Waals surface area (Å²) in [6, 6.07) is 4.82. The molecule has 0 bridgehead atoms. The molecule has 1 aromatic heterocycles. The molecule has 1 heterocycles. The lowest BCUT2D eigenvalue weighted by Crippen LogP contribution is -2.08. The van der Waals surface area contributed by atoms with E-state index in [1.807, 2.05) is 0 Å². The fourth-order valence-electron chi connectivity index (χ4n) is 1.40. The van der Waals surface area contributed by atoms with Gasteiger partial charge in [0.2, 0.25) is 5.43 Å². The van der Waals surface area contributed by atoms with Gasteiger partial charge in [0.05, 0.1) is 18.1 Å². The molecule has 9 heteroatoms. The van der Waals surface area contributed by atoms with Gasteiger partial charge in [-0.05, 0) is 6.07 Å². The summed E-state index contributed by atoms with van der Waals surface area (Å²) in [5, 5.41) is 16.7. The molecular weight excluding hydrogens is 290 g/mol. The summed E-state index contributed by atoms with van der Waals surface area (Å²) in [5.74, 6) is -0.0676. The van der Waals surface area contributed by atoms with E-state index in [2.05, 4.69) is 10.2 Å². The Balaban J connectivity index is 2.43. The van der Waals surface area contributed by atoms with Gasteiger partial charge in [-0.1, -0.05) is 11.6 Å². The van der Waals surface area contributed by atoms with Crippen LogP contribution in [0.2, 0.25) is 5.15 Å². The molecule has 8 nitrogen and oxygen atoms in total. The van der Waals surface area contributed by atoms with Crippen LogP contribution in [0.4, 0.5) is 5.69 Å². The Hall–Kier alpha value is -2.61. The number of aromatic amines is 1. The summed E-state index contributed by atoms with van der Waals surface area (Å²) in [6.07, 6.45) is 0. The highest BCUT2D eigenvalue weighted by atomic mass is 35.5. The Bertz CT molecular complexity index is 715. The molecule has 0 aliphatic rings. The summed E-state index contributed by atoms with van der Waals surface area (Å²) in [5.41, 5.74) is -0.770. The molecule has 1 aromatic carbocycles. The first-order valence-corrected chi connectivity index (χ1v) is 5.64. The van der Waals surface area contributed by atoms with Gasteiger partial charge in [-0.25, -0.2) is 0 Å². The van der Waals surface area contributed by atoms with Crippen molar-refractivity contribution in [2.45, 2.75) is 0 Å². The lowest BCUT2D eigenvalue weighted by Gasteiger charge is -2.08. The van der Waals surface area contributed by atoms with Crippen molar-refractivity contribution in [3.63, 3.8) is 0 Å². The average Bonchev–Trinajstić information content (AvgIpc) is 2.41. The Morgan fingerprint density at radius 1 is 1.35 bits per heavy atom. The highest BCUT2D eigenvalue weighted by molar-refractivity contribution is 6.29. The van der Waals surface area contributed by atoms with Gasteiger partial charge < -0.3 is 9.47 Å². The zero-order valence-corrected chi connectivity index (χ0v) is 10.9. The van der Waals surface area contributed by atoms with Crippen LogP contribution < -0.4 is 14.9 Å².